The standard InChI is InChI=1S/C23H24N2O4S/c1-5-28-20-13-17(12-18-21(26)24(3)23(30)25(4)22(18)27)10-11-19(20)29-14-16-8-6-15(2)7-9-16/h6-13H,5,14H2,1-4H3. The highest BCUT2D eigenvalue weighted by Gasteiger charge is 2.35. The highest BCUT2D eigenvalue weighted by Crippen LogP contribution is 2.31. The minimum absolute atomic E-state index is 0.0457. The van der Waals surface area contributed by atoms with Crippen LogP contribution < -0.4 is 9.47 Å². The second-order valence-electron chi connectivity index (χ2n) is 6.98. The van der Waals surface area contributed by atoms with Gasteiger partial charge in [-0.25, -0.2) is 0 Å². The van der Waals surface area contributed by atoms with Crippen molar-refractivity contribution < 1.29 is 19.1 Å². The van der Waals surface area contributed by atoms with Gasteiger partial charge in [-0.05, 0) is 55.4 Å². The second kappa shape index (κ2) is 9.09. The summed E-state index contributed by atoms with van der Waals surface area (Å²) in [6, 6.07) is 13.4. The van der Waals surface area contributed by atoms with Gasteiger partial charge in [0.15, 0.2) is 16.6 Å². The summed E-state index contributed by atoms with van der Waals surface area (Å²) in [7, 11) is 3.10. The molecule has 0 bridgehead atoms. The van der Waals surface area contributed by atoms with Gasteiger partial charge >= 0.3 is 0 Å². The molecule has 1 saturated heterocycles. The lowest BCUT2D eigenvalue weighted by Gasteiger charge is -2.31. The van der Waals surface area contributed by atoms with Crippen LogP contribution in [0.2, 0.25) is 0 Å². The van der Waals surface area contributed by atoms with Crippen molar-refractivity contribution in [2.24, 2.45) is 0 Å². The van der Waals surface area contributed by atoms with E-state index in [0.717, 1.165) is 5.56 Å². The topological polar surface area (TPSA) is 59.1 Å². The fourth-order valence-electron chi connectivity index (χ4n) is 2.99. The molecule has 0 atom stereocenters. The maximum Gasteiger partial charge on any atom is 0.265 e. The minimum atomic E-state index is -0.430. The van der Waals surface area contributed by atoms with Gasteiger partial charge in [-0.2, -0.15) is 0 Å². The lowest BCUT2D eigenvalue weighted by Crippen LogP contribution is -2.52. The number of ether oxygens (including phenoxy) is 2. The van der Waals surface area contributed by atoms with Gasteiger partial charge in [-0.3, -0.25) is 19.4 Å². The normalized spacial score (nSPS) is 14.3. The molecule has 1 aliphatic rings. The van der Waals surface area contributed by atoms with E-state index in [2.05, 4.69) is 0 Å². The van der Waals surface area contributed by atoms with Gasteiger partial charge < -0.3 is 9.47 Å². The summed E-state index contributed by atoms with van der Waals surface area (Å²) >= 11 is 5.12. The number of benzene rings is 2. The predicted octanol–water partition coefficient (Wildman–Crippen LogP) is 3.57. The van der Waals surface area contributed by atoms with Crippen LogP contribution in [-0.4, -0.2) is 47.4 Å². The predicted molar refractivity (Wildman–Crippen MR) is 119 cm³/mol. The Hall–Kier alpha value is -3.19. The first-order valence-corrected chi connectivity index (χ1v) is 9.99. The third-order valence-electron chi connectivity index (χ3n) is 4.74. The number of thiocarbonyl (C=S) groups is 1. The van der Waals surface area contributed by atoms with E-state index >= 15 is 0 Å². The quantitative estimate of drug-likeness (QED) is 0.403. The molecule has 1 aliphatic heterocycles. The van der Waals surface area contributed by atoms with Crippen LogP contribution in [0.5, 0.6) is 11.5 Å². The van der Waals surface area contributed by atoms with Crippen LogP contribution in [0.15, 0.2) is 48.0 Å². The van der Waals surface area contributed by atoms with Crippen molar-refractivity contribution >= 4 is 35.2 Å². The van der Waals surface area contributed by atoms with Crippen molar-refractivity contribution in [2.45, 2.75) is 20.5 Å². The fraction of sp³-hybridized carbons (Fsp3) is 0.261. The largest absolute Gasteiger partial charge is 0.490 e. The van der Waals surface area contributed by atoms with Gasteiger partial charge in [-0.15, -0.1) is 0 Å². The number of rotatable bonds is 6. The van der Waals surface area contributed by atoms with Crippen LogP contribution in [0, 0.1) is 6.92 Å². The third-order valence-corrected chi connectivity index (χ3v) is 5.29. The van der Waals surface area contributed by atoms with Crippen molar-refractivity contribution in [3.8, 4) is 11.5 Å². The number of amides is 2. The maximum atomic E-state index is 12.5. The summed E-state index contributed by atoms with van der Waals surface area (Å²) in [6.07, 6.45) is 1.55. The summed E-state index contributed by atoms with van der Waals surface area (Å²) in [5.74, 6) is 0.282. The Morgan fingerprint density at radius 2 is 1.57 bits per heavy atom. The molecule has 0 spiro atoms. The fourth-order valence-corrected chi connectivity index (χ4v) is 3.15. The van der Waals surface area contributed by atoms with Gasteiger partial charge in [0.25, 0.3) is 11.8 Å². The van der Waals surface area contributed by atoms with Crippen LogP contribution in [0.25, 0.3) is 6.08 Å². The zero-order chi connectivity index (χ0) is 21.8. The molecule has 7 heteroatoms. The summed E-state index contributed by atoms with van der Waals surface area (Å²) in [6.45, 7) is 4.78. The molecule has 2 aromatic carbocycles. The second-order valence-corrected chi connectivity index (χ2v) is 7.35. The third kappa shape index (κ3) is 4.52. The molecule has 0 unspecified atom stereocenters. The molecule has 0 saturated carbocycles. The van der Waals surface area contributed by atoms with E-state index in [1.165, 1.54) is 15.4 Å². The number of carbonyl (C=O) groups excluding carboxylic acids is 2. The zero-order valence-electron chi connectivity index (χ0n) is 17.5. The van der Waals surface area contributed by atoms with E-state index in [-0.39, 0.29) is 10.7 Å². The molecule has 2 amide bonds. The molecule has 0 aromatic heterocycles. The Morgan fingerprint density at radius 3 is 2.17 bits per heavy atom. The molecule has 0 radical (unpaired) electrons. The molecule has 30 heavy (non-hydrogen) atoms. The van der Waals surface area contributed by atoms with E-state index in [1.807, 2.05) is 38.1 Å². The van der Waals surface area contributed by atoms with Crippen molar-refractivity contribution in [1.29, 1.82) is 0 Å². The highest BCUT2D eigenvalue weighted by atomic mass is 32.1. The Bertz CT molecular complexity index is 988. The smallest absolute Gasteiger partial charge is 0.265 e. The van der Waals surface area contributed by atoms with Crippen LogP contribution >= 0.6 is 12.2 Å². The van der Waals surface area contributed by atoms with Gasteiger partial charge in [-0.1, -0.05) is 35.9 Å². The summed E-state index contributed by atoms with van der Waals surface area (Å²) in [5.41, 5.74) is 2.95. The lowest BCUT2D eigenvalue weighted by atomic mass is 10.1. The monoisotopic (exact) mass is 424 g/mol. The molecule has 3 rings (SSSR count). The van der Waals surface area contributed by atoms with Gasteiger partial charge in [0.1, 0.15) is 12.2 Å². The van der Waals surface area contributed by atoms with Crippen LogP contribution in [0.1, 0.15) is 23.6 Å². The zero-order valence-corrected chi connectivity index (χ0v) is 18.3. The average Bonchev–Trinajstić information content (AvgIpc) is 2.74. The molecule has 1 fully saturated rings. The van der Waals surface area contributed by atoms with E-state index in [1.54, 1.807) is 38.4 Å². The number of hydrogen-bond donors (Lipinski definition) is 0. The first-order valence-electron chi connectivity index (χ1n) is 9.58. The number of nitrogens with zero attached hydrogens (tertiary/aromatic N) is 2. The van der Waals surface area contributed by atoms with Gasteiger partial charge in [0.05, 0.1) is 6.61 Å². The van der Waals surface area contributed by atoms with E-state index in [4.69, 9.17) is 21.7 Å². The number of likely N-dealkylation sites (N-methyl/N-ethyl adjacent to an activating group) is 2. The van der Waals surface area contributed by atoms with Crippen molar-refractivity contribution in [3.05, 3.63) is 64.7 Å². The number of carbonyl (C=O) groups is 2. The minimum Gasteiger partial charge on any atom is -0.490 e. The first-order chi connectivity index (χ1) is 14.3. The van der Waals surface area contributed by atoms with Crippen molar-refractivity contribution in [2.75, 3.05) is 20.7 Å². The SMILES string of the molecule is CCOc1cc(C=C2C(=O)N(C)C(=S)N(C)C2=O)ccc1OCc1ccc(C)cc1. The number of aryl methyl sites for hydroxylation is 1. The lowest BCUT2D eigenvalue weighted by molar-refractivity contribution is -0.132. The maximum absolute atomic E-state index is 12.5. The molecular formula is C23H24N2O4S. The molecule has 0 aliphatic carbocycles. The molecule has 6 nitrogen and oxygen atoms in total. The average molecular weight is 425 g/mol. The van der Waals surface area contributed by atoms with Gasteiger partial charge in [0, 0.05) is 14.1 Å². The highest BCUT2D eigenvalue weighted by molar-refractivity contribution is 7.80. The Balaban J connectivity index is 1.86. The summed E-state index contributed by atoms with van der Waals surface area (Å²) in [4.78, 5) is 27.6. The molecular weight excluding hydrogens is 400 g/mol. The Labute approximate surface area is 181 Å². The Morgan fingerprint density at radius 1 is 0.933 bits per heavy atom. The van der Waals surface area contributed by atoms with Gasteiger partial charge in [0.2, 0.25) is 0 Å². The number of hydrogen-bond acceptors (Lipinski definition) is 5. The molecule has 156 valence electrons. The van der Waals surface area contributed by atoms with Crippen molar-refractivity contribution in [1.82, 2.24) is 9.80 Å². The van der Waals surface area contributed by atoms with Crippen LogP contribution in [0.3, 0.4) is 0 Å². The molecule has 1 heterocycles. The summed E-state index contributed by atoms with van der Waals surface area (Å²) in [5, 5.41) is 0.178. The summed E-state index contributed by atoms with van der Waals surface area (Å²) < 4.78 is 11.7. The Kier molecular flexibility index (Phi) is 6.52. The van der Waals surface area contributed by atoms with E-state index in [0.29, 0.717) is 30.3 Å². The molecule has 0 N–H and O–H groups in total. The van der Waals surface area contributed by atoms with Crippen molar-refractivity contribution in [3.63, 3.8) is 0 Å². The van der Waals surface area contributed by atoms with E-state index in [9.17, 15) is 9.59 Å². The first kappa shape index (κ1) is 21.5. The van der Waals surface area contributed by atoms with Crippen LogP contribution in [0.4, 0.5) is 0 Å². The van der Waals surface area contributed by atoms with Crippen LogP contribution in [-0.2, 0) is 16.2 Å². The molecule has 2 aromatic rings. The van der Waals surface area contributed by atoms with E-state index < -0.39 is 11.8 Å².